The number of nitrogens with zero attached hydrogens (tertiary/aromatic N) is 2. The normalized spacial score (nSPS) is 17.5. The number of likely N-dealkylation sites (tertiary alicyclic amines) is 1. The lowest BCUT2D eigenvalue weighted by atomic mass is 10.2. The molecule has 138 valence electrons. The van der Waals surface area contributed by atoms with E-state index in [0.29, 0.717) is 19.6 Å². The van der Waals surface area contributed by atoms with E-state index in [1.165, 1.54) is 0 Å². The van der Waals surface area contributed by atoms with Crippen molar-refractivity contribution >= 4 is 11.9 Å². The van der Waals surface area contributed by atoms with Crippen LogP contribution in [-0.4, -0.2) is 49.0 Å². The van der Waals surface area contributed by atoms with E-state index >= 15 is 0 Å². The van der Waals surface area contributed by atoms with Crippen molar-refractivity contribution in [3.63, 3.8) is 0 Å². The van der Waals surface area contributed by atoms with E-state index in [4.69, 9.17) is 9.73 Å². The molecule has 2 rings (SSSR count). The van der Waals surface area contributed by atoms with Crippen LogP contribution < -0.4 is 15.4 Å². The Morgan fingerprint density at radius 3 is 2.84 bits per heavy atom. The Balaban J connectivity index is 1.98. The van der Waals surface area contributed by atoms with Gasteiger partial charge in [-0.05, 0) is 26.3 Å². The number of ether oxygens (including phenoxy) is 1. The number of guanidine groups is 1. The minimum atomic E-state index is 0.219. The van der Waals surface area contributed by atoms with Crippen LogP contribution in [0.5, 0.6) is 5.75 Å². The molecule has 2 N–H and O–H groups in total. The number of rotatable bonds is 7. The number of amides is 1. The van der Waals surface area contributed by atoms with Gasteiger partial charge in [-0.25, -0.2) is 4.99 Å². The highest BCUT2D eigenvalue weighted by Gasteiger charge is 2.25. The second kappa shape index (κ2) is 9.91. The summed E-state index contributed by atoms with van der Waals surface area (Å²) >= 11 is 0. The zero-order valence-corrected chi connectivity index (χ0v) is 15.5. The van der Waals surface area contributed by atoms with Gasteiger partial charge in [-0.2, -0.15) is 0 Å². The van der Waals surface area contributed by atoms with Crippen LogP contribution in [0.15, 0.2) is 29.3 Å². The van der Waals surface area contributed by atoms with Gasteiger partial charge in [0.15, 0.2) is 5.96 Å². The molecule has 6 heteroatoms. The van der Waals surface area contributed by atoms with Crippen LogP contribution in [0.1, 0.15) is 39.2 Å². The maximum atomic E-state index is 11.8. The molecule has 1 fully saturated rings. The number of benzene rings is 1. The average molecular weight is 346 g/mol. The van der Waals surface area contributed by atoms with Gasteiger partial charge in [-0.3, -0.25) is 4.79 Å². The lowest BCUT2D eigenvalue weighted by Crippen LogP contribution is -2.45. The summed E-state index contributed by atoms with van der Waals surface area (Å²) in [6.07, 6.45) is 1.51. The molecular formula is C19H30N4O2. The lowest BCUT2D eigenvalue weighted by molar-refractivity contribution is -0.129. The highest BCUT2D eigenvalue weighted by atomic mass is 16.5. The first kappa shape index (κ1) is 19.1. The molecule has 0 saturated carbocycles. The van der Waals surface area contributed by atoms with Gasteiger partial charge in [0.1, 0.15) is 5.75 Å². The Kier molecular flexibility index (Phi) is 7.57. The Morgan fingerprint density at radius 2 is 2.12 bits per heavy atom. The molecule has 0 spiro atoms. The summed E-state index contributed by atoms with van der Waals surface area (Å²) < 4.78 is 5.66. The molecule has 1 aliphatic heterocycles. The third-order valence-corrected chi connectivity index (χ3v) is 4.21. The van der Waals surface area contributed by atoms with Crippen LogP contribution in [0.25, 0.3) is 0 Å². The van der Waals surface area contributed by atoms with E-state index in [-0.39, 0.29) is 11.9 Å². The number of para-hydroxylation sites is 1. The van der Waals surface area contributed by atoms with Gasteiger partial charge < -0.3 is 20.3 Å². The molecule has 1 amide bonds. The molecule has 1 aromatic carbocycles. The summed E-state index contributed by atoms with van der Waals surface area (Å²) in [6.45, 7) is 9.48. The SMILES string of the molecule is CCNC(=NCc1ccccc1OCC)NC1CCN(C(=O)CC)C1. The molecule has 0 bridgehead atoms. The summed E-state index contributed by atoms with van der Waals surface area (Å²) in [5.41, 5.74) is 1.07. The predicted molar refractivity (Wildman–Crippen MR) is 101 cm³/mol. The standard InChI is InChI=1S/C19H30N4O2/c1-4-18(24)23-12-11-16(14-23)22-19(20-5-2)21-13-15-9-7-8-10-17(15)25-6-3/h7-10,16H,4-6,11-14H2,1-3H3,(H2,20,21,22). The van der Waals surface area contributed by atoms with Gasteiger partial charge >= 0.3 is 0 Å². The van der Waals surface area contributed by atoms with Crippen molar-refractivity contribution in [1.29, 1.82) is 0 Å². The molecule has 1 aliphatic rings. The fraction of sp³-hybridized carbons (Fsp3) is 0.579. The number of hydrogen-bond acceptors (Lipinski definition) is 3. The Labute approximate surface area is 150 Å². The van der Waals surface area contributed by atoms with Crippen molar-refractivity contribution in [3.05, 3.63) is 29.8 Å². The van der Waals surface area contributed by atoms with E-state index in [1.807, 2.05) is 49.9 Å². The molecule has 1 atom stereocenters. The van der Waals surface area contributed by atoms with Crippen LogP contribution in [0.2, 0.25) is 0 Å². The van der Waals surface area contributed by atoms with E-state index in [2.05, 4.69) is 10.6 Å². The van der Waals surface area contributed by atoms with Gasteiger partial charge in [0.05, 0.1) is 13.2 Å². The van der Waals surface area contributed by atoms with Gasteiger partial charge in [-0.15, -0.1) is 0 Å². The molecular weight excluding hydrogens is 316 g/mol. The Morgan fingerprint density at radius 1 is 1.32 bits per heavy atom. The summed E-state index contributed by atoms with van der Waals surface area (Å²) in [4.78, 5) is 18.4. The smallest absolute Gasteiger partial charge is 0.222 e. The third kappa shape index (κ3) is 5.66. The highest BCUT2D eigenvalue weighted by Crippen LogP contribution is 2.18. The van der Waals surface area contributed by atoms with Crippen molar-refractivity contribution in [2.24, 2.45) is 4.99 Å². The number of carbonyl (C=O) groups excluding carboxylic acids is 1. The number of aliphatic imine (C=N–C) groups is 1. The predicted octanol–water partition coefficient (Wildman–Crippen LogP) is 2.15. The van der Waals surface area contributed by atoms with Crippen LogP contribution in [0, 0.1) is 0 Å². The van der Waals surface area contributed by atoms with Crippen LogP contribution in [-0.2, 0) is 11.3 Å². The quantitative estimate of drug-likeness (QED) is 0.586. The first-order chi connectivity index (χ1) is 12.2. The fourth-order valence-electron chi connectivity index (χ4n) is 2.94. The molecule has 0 aromatic heterocycles. The maximum Gasteiger partial charge on any atom is 0.222 e. The van der Waals surface area contributed by atoms with Gasteiger partial charge in [0.25, 0.3) is 0 Å². The second-order valence-corrected chi connectivity index (χ2v) is 6.06. The fourth-order valence-corrected chi connectivity index (χ4v) is 2.94. The molecule has 1 unspecified atom stereocenters. The zero-order valence-electron chi connectivity index (χ0n) is 15.5. The lowest BCUT2D eigenvalue weighted by Gasteiger charge is -2.19. The van der Waals surface area contributed by atoms with Gasteiger partial charge in [0, 0.05) is 37.7 Å². The van der Waals surface area contributed by atoms with E-state index < -0.39 is 0 Å². The maximum absolute atomic E-state index is 11.8. The topological polar surface area (TPSA) is 66.0 Å². The van der Waals surface area contributed by atoms with Crippen molar-refractivity contribution in [3.8, 4) is 5.75 Å². The number of carbonyl (C=O) groups is 1. The van der Waals surface area contributed by atoms with E-state index in [1.54, 1.807) is 0 Å². The van der Waals surface area contributed by atoms with Crippen molar-refractivity contribution in [1.82, 2.24) is 15.5 Å². The summed E-state index contributed by atoms with van der Waals surface area (Å²) in [5, 5.41) is 6.74. The highest BCUT2D eigenvalue weighted by molar-refractivity contribution is 5.80. The molecule has 1 saturated heterocycles. The minimum absolute atomic E-state index is 0.219. The van der Waals surface area contributed by atoms with Gasteiger partial charge in [-0.1, -0.05) is 25.1 Å². The second-order valence-electron chi connectivity index (χ2n) is 6.06. The Hall–Kier alpha value is -2.24. The number of hydrogen-bond donors (Lipinski definition) is 2. The minimum Gasteiger partial charge on any atom is -0.494 e. The van der Waals surface area contributed by atoms with E-state index in [0.717, 1.165) is 43.3 Å². The Bertz CT molecular complexity index is 589. The first-order valence-electron chi connectivity index (χ1n) is 9.21. The monoisotopic (exact) mass is 346 g/mol. The largest absolute Gasteiger partial charge is 0.494 e. The molecule has 1 aromatic rings. The van der Waals surface area contributed by atoms with Crippen LogP contribution in [0.3, 0.4) is 0 Å². The van der Waals surface area contributed by atoms with Crippen molar-refractivity contribution < 1.29 is 9.53 Å². The average Bonchev–Trinajstić information content (AvgIpc) is 3.09. The first-order valence-corrected chi connectivity index (χ1v) is 9.21. The van der Waals surface area contributed by atoms with Crippen LogP contribution >= 0.6 is 0 Å². The van der Waals surface area contributed by atoms with Crippen molar-refractivity contribution in [2.75, 3.05) is 26.2 Å². The summed E-state index contributed by atoms with van der Waals surface area (Å²) in [5.74, 6) is 1.88. The van der Waals surface area contributed by atoms with Crippen molar-refractivity contribution in [2.45, 2.75) is 46.2 Å². The molecule has 6 nitrogen and oxygen atoms in total. The summed E-state index contributed by atoms with van der Waals surface area (Å²) in [7, 11) is 0. The van der Waals surface area contributed by atoms with Crippen LogP contribution in [0.4, 0.5) is 0 Å². The molecule has 0 aliphatic carbocycles. The van der Waals surface area contributed by atoms with Gasteiger partial charge in [0.2, 0.25) is 5.91 Å². The molecule has 0 radical (unpaired) electrons. The van der Waals surface area contributed by atoms with E-state index in [9.17, 15) is 4.79 Å². The third-order valence-electron chi connectivity index (χ3n) is 4.21. The molecule has 25 heavy (non-hydrogen) atoms. The number of nitrogens with one attached hydrogen (secondary N) is 2. The molecule has 1 heterocycles. The summed E-state index contributed by atoms with van der Waals surface area (Å²) in [6, 6.07) is 8.23. The zero-order chi connectivity index (χ0) is 18.1.